The number of β-amino-alcohol motifs (C(OH)–C–C–N with tert-alkyl or cyclic N) is 1. The number of likely N-dealkylation sites (tertiary alicyclic amines) is 1. The minimum absolute atomic E-state index is 0.136. The van der Waals surface area contributed by atoms with Crippen LogP contribution in [0.15, 0.2) is 11.4 Å². The molecule has 20 heavy (non-hydrogen) atoms. The monoisotopic (exact) mass is 300 g/mol. The Hall–Kier alpha value is -1.12. The number of hydrogen-bond acceptors (Lipinski definition) is 6. The van der Waals surface area contributed by atoms with Crippen molar-refractivity contribution in [3.8, 4) is 0 Å². The molecule has 0 aliphatic carbocycles. The summed E-state index contributed by atoms with van der Waals surface area (Å²) < 4.78 is 1.62. The fourth-order valence-corrected chi connectivity index (χ4v) is 3.33. The van der Waals surface area contributed by atoms with E-state index in [0.29, 0.717) is 17.3 Å². The Morgan fingerprint density at radius 2 is 2.20 bits per heavy atom. The Morgan fingerprint density at radius 1 is 1.50 bits per heavy atom. The molecule has 1 aliphatic rings. The molecule has 8 heteroatoms. The normalized spacial score (nSPS) is 18.1. The standard InChI is InChI=1S/C12H20N4O3S/c1-14-9-13-11(16(18)19)12(14)20-8-10(17)7-15-5-3-2-4-6-15/h9-10,17H,2-8H2,1H3/t10-/m0/s1. The highest BCUT2D eigenvalue weighted by Gasteiger charge is 2.22. The molecule has 0 aromatic carbocycles. The molecule has 1 aliphatic heterocycles. The number of piperidine rings is 1. The van der Waals surface area contributed by atoms with Gasteiger partial charge in [-0.15, -0.1) is 0 Å². The summed E-state index contributed by atoms with van der Waals surface area (Å²) >= 11 is 1.29. The van der Waals surface area contributed by atoms with E-state index in [1.807, 2.05) is 0 Å². The van der Waals surface area contributed by atoms with E-state index in [0.717, 1.165) is 13.1 Å². The lowest BCUT2D eigenvalue weighted by Gasteiger charge is -2.28. The van der Waals surface area contributed by atoms with Crippen molar-refractivity contribution in [2.45, 2.75) is 30.4 Å². The van der Waals surface area contributed by atoms with Crippen LogP contribution in [0.2, 0.25) is 0 Å². The Kier molecular flexibility index (Phi) is 5.38. The average molecular weight is 300 g/mol. The summed E-state index contributed by atoms with van der Waals surface area (Å²) in [4.78, 5) is 16.4. The molecule has 0 bridgehead atoms. The van der Waals surface area contributed by atoms with Crippen LogP contribution in [0.5, 0.6) is 0 Å². The molecule has 0 spiro atoms. The lowest BCUT2D eigenvalue weighted by atomic mass is 10.1. The van der Waals surface area contributed by atoms with Crippen LogP contribution >= 0.6 is 11.8 Å². The van der Waals surface area contributed by atoms with Gasteiger partial charge in [0.15, 0.2) is 5.03 Å². The molecule has 0 radical (unpaired) electrons. The number of nitrogens with zero attached hydrogens (tertiary/aromatic N) is 4. The van der Waals surface area contributed by atoms with Gasteiger partial charge in [-0.05, 0) is 35.8 Å². The Balaban J connectivity index is 1.85. The summed E-state index contributed by atoms with van der Waals surface area (Å²) in [6.45, 7) is 2.71. The van der Waals surface area contributed by atoms with Gasteiger partial charge in [-0.1, -0.05) is 18.2 Å². The SMILES string of the molecule is Cn1cnc([N+](=O)[O-])c1SC[C@@H](O)CN1CCCCC1. The molecule has 1 saturated heterocycles. The van der Waals surface area contributed by atoms with Crippen LogP contribution in [-0.4, -0.2) is 56.0 Å². The fraction of sp³-hybridized carbons (Fsp3) is 0.750. The van der Waals surface area contributed by atoms with Crippen molar-refractivity contribution in [1.82, 2.24) is 14.5 Å². The number of hydrogen-bond donors (Lipinski definition) is 1. The van der Waals surface area contributed by atoms with E-state index in [1.54, 1.807) is 11.6 Å². The van der Waals surface area contributed by atoms with Crippen molar-refractivity contribution in [2.75, 3.05) is 25.4 Å². The Bertz CT molecular complexity index is 460. The first kappa shape index (κ1) is 15.3. The molecular weight excluding hydrogens is 280 g/mol. The summed E-state index contributed by atoms with van der Waals surface area (Å²) in [5.41, 5.74) is 0. The van der Waals surface area contributed by atoms with Crippen LogP contribution in [0.1, 0.15) is 19.3 Å². The third kappa shape index (κ3) is 3.94. The predicted molar refractivity (Wildman–Crippen MR) is 76.9 cm³/mol. The van der Waals surface area contributed by atoms with Gasteiger partial charge in [-0.2, -0.15) is 0 Å². The Morgan fingerprint density at radius 3 is 2.85 bits per heavy atom. The lowest BCUT2D eigenvalue weighted by molar-refractivity contribution is -0.392. The maximum Gasteiger partial charge on any atom is 0.395 e. The van der Waals surface area contributed by atoms with Crippen molar-refractivity contribution in [1.29, 1.82) is 0 Å². The smallest absolute Gasteiger partial charge is 0.391 e. The summed E-state index contributed by atoms with van der Waals surface area (Å²) in [5.74, 6) is 0.305. The number of aryl methyl sites for hydroxylation is 1. The van der Waals surface area contributed by atoms with Gasteiger partial charge in [0, 0.05) is 19.3 Å². The van der Waals surface area contributed by atoms with Crippen LogP contribution in [0.25, 0.3) is 0 Å². The van der Waals surface area contributed by atoms with E-state index >= 15 is 0 Å². The first-order valence-corrected chi connectivity index (χ1v) is 7.75. The third-order valence-corrected chi connectivity index (χ3v) is 4.66. The molecule has 112 valence electrons. The summed E-state index contributed by atoms with van der Waals surface area (Å²) in [7, 11) is 1.72. The van der Waals surface area contributed by atoms with Crippen LogP contribution in [0.4, 0.5) is 5.82 Å². The van der Waals surface area contributed by atoms with Crippen LogP contribution in [0, 0.1) is 10.1 Å². The molecule has 2 heterocycles. The van der Waals surface area contributed by atoms with Crippen LogP contribution in [-0.2, 0) is 7.05 Å². The van der Waals surface area contributed by atoms with Gasteiger partial charge in [0.25, 0.3) is 0 Å². The number of aliphatic hydroxyl groups is 1. The quantitative estimate of drug-likeness (QED) is 0.484. The number of imidazole rings is 1. The minimum atomic E-state index is -0.487. The molecule has 0 unspecified atom stereocenters. The van der Waals surface area contributed by atoms with Crippen molar-refractivity contribution in [2.24, 2.45) is 7.05 Å². The first-order valence-electron chi connectivity index (χ1n) is 6.77. The molecular formula is C12H20N4O3S. The molecule has 1 aromatic rings. The molecule has 1 aromatic heterocycles. The summed E-state index contributed by atoms with van der Waals surface area (Å²) in [6, 6.07) is 0. The van der Waals surface area contributed by atoms with Crippen LogP contribution in [0.3, 0.4) is 0 Å². The number of thioether (sulfide) groups is 1. The highest BCUT2D eigenvalue weighted by atomic mass is 32.2. The number of aliphatic hydroxyl groups excluding tert-OH is 1. The van der Waals surface area contributed by atoms with Crippen molar-refractivity contribution in [3.63, 3.8) is 0 Å². The van der Waals surface area contributed by atoms with Gasteiger partial charge >= 0.3 is 5.82 Å². The highest BCUT2D eigenvalue weighted by Crippen LogP contribution is 2.27. The van der Waals surface area contributed by atoms with Crippen LogP contribution < -0.4 is 0 Å². The van der Waals surface area contributed by atoms with E-state index in [9.17, 15) is 15.2 Å². The van der Waals surface area contributed by atoms with E-state index in [4.69, 9.17) is 0 Å². The second-order valence-electron chi connectivity index (χ2n) is 5.07. The number of aromatic nitrogens is 2. The van der Waals surface area contributed by atoms with E-state index < -0.39 is 11.0 Å². The van der Waals surface area contributed by atoms with Gasteiger partial charge < -0.3 is 24.7 Å². The van der Waals surface area contributed by atoms with Gasteiger partial charge in [0.05, 0.1) is 6.10 Å². The van der Waals surface area contributed by atoms with Gasteiger partial charge in [0.1, 0.15) is 0 Å². The Labute approximate surface area is 122 Å². The zero-order chi connectivity index (χ0) is 14.5. The van der Waals surface area contributed by atoms with Crippen molar-refractivity contribution >= 4 is 17.6 Å². The second kappa shape index (κ2) is 7.05. The zero-order valence-electron chi connectivity index (χ0n) is 11.6. The van der Waals surface area contributed by atoms with E-state index in [-0.39, 0.29) is 5.82 Å². The largest absolute Gasteiger partial charge is 0.395 e. The highest BCUT2D eigenvalue weighted by molar-refractivity contribution is 7.99. The van der Waals surface area contributed by atoms with E-state index in [2.05, 4.69) is 9.88 Å². The van der Waals surface area contributed by atoms with Gasteiger partial charge in [0.2, 0.25) is 6.33 Å². The molecule has 0 amide bonds. The maximum atomic E-state index is 10.8. The topological polar surface area (TPSA) is 84.4 Å². The maximum absolute atomic E-state index is 10.8. The first-order chi connectivity index (χ1) is 9.58. The fourth-order valence-electron chi connectivity index (χ4n) is 2.37. The minimum Gasteiger partial charge on any atom is -0.391 e. The lowest BCUT2D eigenvalue weighted by Crippen LogP contribution is -2.37. The predicted octanol–water partition coefficient (Wildman–Crippen LogP) is 1.27. The molecule has 1 N–H and O–H groups in total. The average Bonchev–Trinajstić information content (AvgIpc) is 2.79. The molecule has 1 fully saturated rings. The van der Waals surface area contributed by atoms with Crippen molar-refractivity contribution in [3.05, 3.63) is 16.4 Å². The number of nitro groups is 1. The summed E-state index contributed by atoms with van der Waals surface area (Å²) in [6.07, 6.45) is 4.59. The zero-order valence-corrected chi connectivity index (χ0v) is 12.4. The third-order valence-electron chi connectivity index (χ3n) is 3.37. The molecule has 0 saturated carbocycles. The van der Waals surface area contributed by atoms with Gasteiger partial charge in [-0.25, -0.2) is 0 Å². The van der Waals surface area contributed by atoms with Gasteiger partial charge in [-0.3, -0.25) is 0 Å². The molecule has 1 atom stereocenters. The molecule has 7 nitrogen and oxygen atoms in total. The summed E-state index contributed by atoms with van der Waals surface area (Å²) in [5, 5.41) is 21.4. The second-order valence-corrected chi connectivity index (χ2v) is 6.08. The molecule has 2 rings (SSSR count). The number of rotatable bonds is 6. The van der Waals surface area contributed by atoms with Crippen molar-refractivity contribution < 1.29 is 10.0 Å². The van der Waals surface area contributed by atoms with E-state index in [1.165, 1.54) is 37.4 Å².